The van der Waals surface area contributed by atoms with Gasteiger partial charge in [-0.05, 0) is 92.5 Å². The number of aliphatic hydroxyl groups excluding tert-OH is 1. The minimum Gasteiger partial charge on any atom is -0.481 e. The number of methoxy groups -OCH3 is 2. The molecular formula is C64H104N10O14. The van der Waals surface area contributed by atoms with Crippen LogP contribution in [-0.4, -0.2) is 181 Å². The number of carbonyl (C=O) groups is 9. The Kier molecular flexibility index (Phi) is 32.0. The van der Waals surface area contributed by atoms with Gasteiger partial charge in [0, 0.05) is 65.3 Å². The summed E-state index contributed by atoms with van der Waals surface area (Å²) in [5.74, 6) is -5.99. The second kappa shape index (κ2) is 37.3. The van der Waals surface area contributed by atoms with Crippen molar-refractivity contribution >= 4 is 59.1 Å². The number of anilines is 1. The van der Waals surface area contributed by atoms with E-state index >= 15 is 0 Å². The van der Waals surface area contributed by atoms with Gasteiger partial charge in [-0.1, -0.05) is 118 Å². The molecule has 0 spiro atoms. The number of likely N-dealkylation sites (tertiary alicyclic amines) is 1. The molecule has 24 heteroatoms. The molecule has 0 bridgehead atoms. The first-order valence-electron chi connectivity index (χ1n) is 31.0. The molecule has 0 aromatic heterocycles. The van der Waals surface area contributed by atoms with Crippen LogP contribution in [0.3, 0.4) is 0 Å². The maximum atomic E-state index is 14.8. The van der Waals surface area contributed by atoms with E-state index in [-0.39, 0.29) is 86.9 Å². The molecule has 2 aromatic carbocycles. The lowest BCUT2D eigenvalue weighted by Gasteiger charge is -2.41. The van der Waals surface area contributed by atoms with Crippen LogP contribution in [-0.2, 0) is 59.2 Å². The summed E-state index contributed by atoms with van der Waals surface area (Å²) in [6.45, 7) is 20.9. The number of aliphatic carboxylic acids is 1. The summed E-state index contributed by atoms with van der Waals surface area (Å²) in [6, 6.07) is 11.0. The fourth-order valence-electron chi connectivity index (χ4n) is 11.3. The highest BCUT2D eigenvalue weighted by molar-refractivity contribution is 5.98. The van der Waals surface area contributed by atoms with Crippen LogP contribution in [0.2, 0.25) is 0 Å². The first kappa shape index (κ1) is 75.5. The first-order chi connectivity index (χ1) is 41.5. The largest absolute Gasteiger partial charge is 0.481 e. The topological polar surface area (TPSA) is 330 Å². The number of aliphatic hydroxyl groups is 1. The molecule has 494 valence electrons. The van der Waals surface area contributed by atoms with Crippen molar-refractivity contribution in [1.29, 1.82) is 0 Å². The van der Waals surface area contributed by atoms with Gasteiger partial charge in [-0.15, -0.1) is 0 Å². The van der Waals surface area contributed by atoms with E-state index in [0.29, 0.717) is 37.1 Å². The fraction of sp³-hybridized carbons (Fsp3) is 0.672. The zero-order valence-corrected chi connectivity index (χ0v) is 54.6. The Morgan fingerprint density at radius 3 is 1.92 bits per heavy atom. The van der Waals surface area contributed by atoms with Crippen LogP contribution < -0.4 is 37.6 Å². The normalized spacial score (nSPS) is 17.4. The van der Waals surface area contributed by atoms with Gasteiger partial charge in [-0.2, -0.15) is 0 Å². The zero-order chi connectivity index (χ0) is 66.1. The lowest BCUT2D eigenvalue weighted by atomic mass is 9.89. The van der Waals surface area contributed by atoms with Crippen molar-refractivity contribution in [2.45, 2.75) is 207 Å². The van der Waals surface area contributed by atoms with Crippen molar-refractivity contribution in [3.8, 4) is 0 Å². The molecule has 1 fully saturated rings. The quantitative estimate of drug-likeness (QED) is 0.0315. The highest BCUT2D eigenvalue weighted by Crippen LogP contribution is 2.31. The third kappa shape index (κ3) is 23.0. The Morgan fingerprint density at radius 2 is 1.36 bits per heavy atom. The lowest BCUT2D eigenvalue weighted by molar-refractivity contribution is -0.148. The molecule has 13 atom stereocenters. The summed E-state index contributed by atoms with van der Waals surface area (Å²) in [7, 11) is 6.17. The fourth-order valence-corrected chi connectivity index (χ4v) is 11.3. The minimum atomic E-state index is -1.29. The smallest absolute Gasteiger partial charge is 0.410 e. The molecule has 1 aliphatic heterocycles. The molecule has 0 aliphatic carbocycles. The van der Waals surface area contributed by atoms with E-state index in [1.54, 1.807) is 75.9 Å². The van der Waals surface area contributed by atoms with Crippen molar-refractivity contribution in [1.82, 2.24) is 41.3 Å². The van der Waals surface area contributed by atoms with Gasteiger partial charge in [0.2, 0.25) is 41.4 Å². The number of carbonyl (C=O) groups excluding carboxylic acids is 8. The molecule has 0 saturated carbocycles. The number of nitrogens with two attached hydrogens (primary N) is 1. The number of rotatable bonds is 37. The van der Waals surface area contributed by atoms with Crippen molar-refractivity contribution in [2.24, 2.45) is 35.3 Å². The Bertz CT molecular complexity index is 2560. The van der Waals surface area contributed by atoms with E-state index in [1.807, 2.05) is 71.9 Å². The van der Waals surface area contributed by atoms with E-state index < -0.39 is 108 Å². The Hall–Kier alpha value is -6.73. The lowest BCUT2D eigenvalue weighted by Crippen LogP contribution is -2.60. The molecule has 1 saturated heterocycles. The van der Waals surface area contributed by atoms with E-state index in [4.69, 9.17) is 25.1 Å². The number of hydrogen-bond acceptors (Lipinski definition) is 15. The Labute approximate surface area is 521 Å². The molecule has 2 aromatic rings. The predicted octanol–water partition coefficient (Wildman–Crippen LogP) is 5.07. The van der Waals surface area contributed by atoms with Crippen LogP contribution in [0.4, 0.5) is 10.5 Å². The van der Waals surface area contributed by atoms with Crippen LogP contribution >= 0.6 is 0 Å². The van der Waals surface area contributed by atoms with Gasteiger partial charge in [0.15, 0.2) is 6.35 Å². The summed E-state index contributed by atoms with van der Waals surface area (Å²) in [5, 5.41) is 35.3. The summed E-state index contributed by atoms with van der Waals surface area (Å²) >= 11 is 0. The zero-order valence-electron chi connectivity index (χ0n) is 54.6. The summed E-state index contributed by atoms with van der Waals surface area (Å²) in [6.07, 6.45) is -1.30. The number of carboxylic acid groups (broad SMARTS) is 1. The number of hydrogen-bond donors (Lipinski definition) is 9. The molecule has 10 N–H and O–H groups in total. The van der Waals surface area contributed by atoms with Crippen molar-refractivity contribution in [3.05, 3.63) is 65.7 Å². The Balaban J connectivity index is 1.71. The maximum Gasteiger partial charge on any atom is 0.410 e. The maximum absolute atomic E-state index is 14.8. The van der Waals surface area contributed by atoms with Gasteiger partial charge in [0.05, 0.1) is 36.6 Å². The van der Waals surface area contributed by atoms with Gasteiger partial charge in [0.25, 0.3) is 0 Å². The second-order valence-electron chi connectivity index (χ2n) is 24.5. The van der Waals surface area contributed by atoms with Crippen molar-refractivity contribution < 1.29 is 67.6 Å². The summed E-state index contributed by atoms with van der Waals surface area (Å²) < 4.78 is 17.8. The van der Waals surface area contributed by atoms with Crippen LogP contribution in [0.15, 0.2) is 54.6 Å². The molecular weight excluding hydrogens is 1130 g/mol. The number of benzene rings is 2. The average molecular weight is 1240 g/mol. The summed E-state index contributed by atoms with van der Waals surface area (Å²) in [4.78, 5) is 126. The number of likely N-dealkylation sites (N-methyl/N-ethyl adjacent to an activating group) is 2. The third-order valence-electron chi connectivity index (χ3n) is 16.8. The van der Waals surface area contributed by atoms with Gasteiger partial charge < -0.3 is 60.8 Å². The minimum absolute atomic E-state index is 0.0568. The van der Waals surface area contributed by atoms with Crippen LogP contribution in [0, 0.1) is 29.6 Å². The second-order valence-corrected chi connectivity index (χ2v) is 24.5. The number of carboxylic acids is 1. The van der Waals surface area contributed by atoms with Crippen LogP contribution in [0.1, 0.15) is 151 Å². The molecule has 8 amide bonds. The van der Waals surface area contributed by atoms with E-state index in [1.165, 1.54) is 19.1 Å². The molecule has 88 heavy (non-hydrogen) atoms. The molecule has 24 nitrogen and oxygen atoms in total. The Morgan fingerprint density at radius 1 is 0.727 bits per heavy atom. The molecule has 0 radical (unpaired) electrons. The van der Waals surface area contributed by atoms with Gasteiger partial charge in [-0.25, -0.2) is 4.79 Å². The van der Waals surface area contributed by atoms with E-state index in [0.717, 1.165) is 12.0 Å². The number of nitrogens with one attached hydrogen (secondary N) is 6. The van der Waals surface area contributed by atoms with Gasteiger partial charge in [0.1, 0.15) is 30.8 Å². The van der Waals surface area contributed by atoms with Gasteiger partial charge in [-0.3, -0.25) is 54.3 Å². The van der Waals surface area contributed by atoms with Crippen LogP contribution in [0.5, 0.6) is 0 Å². The standard InChI is InChI=1S/C64H104N10O14/c1-16-40(8)56(49(86-14)35-51(76)74-34-22-26-48(74)57(87-15)42(10)58(79)67-43(11)41(9)45-23-18-17-19-24-45)72(12)62(83)54(38(4)5)71-61(82)55(39(6)7)73(13)64(85)88-36-44-29-31-46(32-30-44)68-59(80)47(25-21-33-66-63(65)84)69-60(81)53(37(2)3)70-50(75)27-20-28-52(77)78/h17-19,23-24,29-32,37-43,47-49,53-57,63,66,84H,16,20-22,25-28,33-36,65H2,1-15H3,(H,67,79)(H,68,80)(H,69,81)(H,70,75)(H,71,82)(H,77,78)/t40-,41+,42+,43?,47-,48-,49+,53-,54?,55-,56-,57+,63?/m0/s1. The number of ether oxygens (including phenoxy) is 3. The third-order valence-corrected chi connectivity index (χ3v) is 16.8. The first-order valence-corrected chi connectivity index (χ1v) is 31.0. The molecule has 1 aliphatic rings. The van der Waals surface area contributed by atoms with Gasteiger partial charge >= 0.3 is 12.1 Å². The summed E-state index contributed by atoms with van der Waals surface area (Å²) in [5.41, 5.74) is 7.39. The molecule has 1 heterocycles. The SMILES string of the molecule is CC[C@H](C)[C@@H]([C@@H](CC(=O)N1CCC[C@H]1[C@H](OC)[C@@H](C)C(=O)NC(C)[C@@H](C)c1ccccc1)OC)N(C)C(=O)C(NC(=O)[C@H](C(C)C)N(C)C(=O)OCc1ccc(NC(=O)[C@H](CCCNC(N)O)NC(=O)[C@@H](NC(=O)CCCC(=O)O)C(C)C)cc1)C(C)C. The highest BCUT2D eigenvalue weighted by atomic mass is 16.6. The average Bonchev–Trinajstić information content (AvgIpc) is 4.06. The number of nitrogens with zero attached hydrogens (tertiary/aromatic N) is 3. The highest BCUT2D eigenvalue weighted by Gasteiger charge is 2.44. The van der Waals surface area contributed by atoms with Crippen molar-refractivity contribution in [2.75, 3.05) is 46.7 Å². The van der Waals surface area contributed by atoms with Crippen molar-refractivity contribution in [3.63, 3.8) is 0 Å². The predicted molar refractivity (Wildman–Crippen MR) is 335 cm³/mol. The van der Waals surface area contributed by atoms with E-state index in [9.17, 15) is 48.3 Å². The molecule has 3 rings (SSSR count). The molecule has 3 unspecified atom stereocenters. The monoisotopic (exact) mass is 1240 g/mol. The van der Waals surface area contributed by atoms with Crippen LogP contribution in [0.25, 0.3) is 0 Å². The van der Waals surface area contributed by atoms with E-state index in [2.05, 4.69) is 38.8 Å². The number of amides is 8.